The fourth-order valence-electron chi connectivity index (χ4n) is 2.12. The van der Waals surface area contributed by atoms with Gasteiger partial charge in [-0.15, -0.1) is 0 Å². The van der Waals surface area contributed by atoms with Gasteiger partial charge in [-0.25, -0.2) is 0 Å². The Bertz CT molecular complexity index is 372. The minimum Gasteiger partial charge on any atom is -0.392 e. The van der Waals surface area contributed by atoms with Gasteiger partial charge < -0.3 is 10.4 Å². The number of rotatable bonds is 7. The summed E-state index contributed by atoms with van der Waals surface area (Å²) in [5, 5.41) is 13.4. The van der Waals surface area contributed by atoms with Crippen LogP contribution in [0.1, 0.15) is 43.5 Å². The molecule has 3 atom stereocenters. The van der Waals surface area contributed by atoms with Gasteiger partial charge in [0.15, 0.2) is 0 Å². The van der Waals surface area contributed by atoms with Gasteiger partial charge in [-0.2, -0.15) is 11.8 Å². The predicted molar refractivity (Wildman–Crippen MR) is 85.9 cm³/mol. The topological polar surface area (TPSA) is 32.3 Å². The molecular formula is C16H27NOS. The zero-order chi connectivity index (χ0) is 14.4. The number of nitrogens with one attached hydrogen (secondary N) is 1. The van der Waals surface area contributed by atoms with Crippen LogP contribution in [0.4, 0.5) is 0 Å². The van der Waals surface area contributed by atoms with Gasteiger partial charge >= 0.3 is 0 Å². The number of benzene rings is 1. The third kappa shape index (κ3) is 5.55. The fourth-order valence-corrected chi connectivity index (χ4v) is 3.20. The van der Waals surface area contributed by atoms with Crippen molar-refractivity contribution in [2.24, 2.45) is 0 Å². The quantitative estimate of drug-likeness (QED) is 0.803. The molecule has 0 aromatic heterocycles. The summed E-state index contributed by atoms with van der Waals surface area (Å²) in [6.45, 7) is 11.3. The number of aliphatic hydroxyl groups excluding tert-OH is 1. The number of hydrogen-bond acceptors (Lipinski definition) is 3. The zero-order valence-corrected chi connectivity index (χ0v) is 13.6. The van der Waals surface area contributed by atoms with E-state index in [1.54, 1.807) is 0 Å². The van der Waals surface area contributed by atoms with Crippen molar-refractivity contribution in [2.75, 3.05) is 12.3 Å². The van der Waals surface area contributed by atoms with E-state index in [1.807, 2.05) is 18.7 Å². The van der Waals surface area contributed by atoms with Crippen LogP contribution in [-0.4, -0.2) is 28.8 Å². The summed E-state index contributed by atoms with van der Waals surface area (Å²) in [6, 6.07) is 7.08. The molecule has 0 saturated heterocycles. The molecule has 0 aliphatic rings. The van der Waals surface area contributed by atoms with Gasteiger partial charge in [-0.05, 0) is 32.9 Å². The third-order valence-electron chi connectivity index (χ3n) is 3.30. The largest absolute Gasteiger partial charge is 0.392 e. The molecule has 0 heterocycles. The Hall–Kier alpha value is -0.510. The number of aryl methyl sites for hydroxylation is 2. The maximum atomic E-state index is 9.58. The molecule has 0 aliphatic heterocycles. The Kier molecular flexibility index (Phi) is 6.90. The molecule has 2 N–H and O–H groups in total. The second-order valence-electron chi connectivity index (χ2n) is 5.31. The Morgan fingerprint density at radius 3 is 2.21 bits per heavy atom. The Labute approximate surface area is 122 Å². The first kappa shape index (κ1) is 16.5. The van der Waals surface area contributed by atoms with Crippen LogP contribution in [-0.2, 0) is 0 Å². The smallest absolute Gasteiger partial charge is 0.0628 e. The van der Waals surface area contributed by atoms with E-state index in [4.69, 9.17) is 0 Å². The molecule has 2 nitrogen and oxygen atoms in total. The summed E-state index contributed by atoms with van der Waals surface area (Å²) in [5.74, 6) is 0.989. The molecule has 108 valence electrons. The highest BCUT2D eigenvalue weighted by Crippen LogP contribution is 2.24. The van der Waals surface area contributed by atoms with Gasteiger partial charge in [0.05, 0.1) is 6.10 Å². The van der Waals surface area contributed by atoms with Crippen LogP contribution in [0.3, 0.4) is 0 Å². The van der Waals surface area contributed by atoms with E-state index in [9.17, 15) is 5.11 Å². The summed E-state index contributed by atoms with van der Waals surface area (Å²) in [7, 11) is 0. The molecule has 3 unspecified atom stereocenters. The maximum Gasteiger partial charge on any atom is 0.0628 e. The highest BCUT2D eigenvalue weighted by atomic mass is 32.2. The minimum atomic E-state index is -0.258. The molecule has 0 amide bonds. The molecule has 1 aromatic carbocycles. The van der Waals surface area contributed by atoms with E-state index >= 15 is 0 Å². The van der Waals surface area contributed by atoms with E-state index in [1.165, 1.54) is 16.7 Å². The van der Waals surface area contributed by atoms with Gasteiger partial charge in [-0.1, -0.05) is 43.2 Å². The predicted octanol–water partition coefficient (Wildman–Crippen LogP) is 3.46. The number of hydrogen-bond donors (Lipinski definition) is 2. The first-order valence-corrected chi connectivity index (χ1v) is 8.10. The highest BCUT2D eigenvalue weighted by Gasteiger charge is 2.15. The zero-order valence-electron chi connectivity index (χ0n) is 12.7. The lowest BCUT2D eigenvalue weighted by Gasteiger charge is -2.22. The van der Waals surface area contributed by atoms with Crippen molar-refractivity contribution >= 4 is 11.8 Å². The second kappa shape index (κ2) is 7.93. The average molecular weight is 281 g/mol. The molecule has 0 spiro atoms. The van der Waals surface area contributed by atoms with Gasteiger partial charge in [0.25, 0.3) is 0 Å². The first-order chi connectivity index (χ1) is 8.93. The van der Waals surface area contributed by atoms with Crippen molar-refractivity contribution in [3.05, 3.63) is 34.9 Å². The van der Waals surface area contributed by atoms with E-state index in [-0.39, 0.29) is 11.4 Å². The van der Waals surface area contributed by atoms with E-state index in [0.29, 0.717) is 6.04 Å². The third-order valence-corrected chi connectivity index (χ3v) is 4.75. The molecule has 0 saturated carbocycles. The summed E-state index contributed by atoms with van der Waals surface area (Å²) in [5.41, 5.74) is 3.97. The van der Waals surface area contributed by atoms with Crippen LogP contribution in [0.25, 0.3) is 0 Å². The molecule has 0 aliphatic carbocycles. The molecule has 19 heavy (non-hydrogen) atoms. The monoisotopic (exact) mass is 281 g/mol. The Balaban J connectivity index is 2.76. The molecular weight excluding hydrogens is 254 g/mol. The summed E-state index contributed by atoms with van der Waals surface area (Å²) in [6.07, 6.45) is -0.258. The Morgan fingerprint density at radius 1 is 1.16 bits per heavy atom. The van der Waals surface area contributed by atoms with Crippen molar-refractivity contribution in [1.82, 2.24) is 5.32 Å². The van der Waals surface area contributed by atoms with E-state index in [0.717, 1.165) is 12.3 Å². The van der Waals surface area contributed by atoms with Gasteiger partial charge in [0.2, 0.25) is 0 Å². The van der Waals surface area contributed by atoms with Crippen LogP contribution in [0, 0.1) is 13.8 Å². The molecule has 0 fully saturated rings. The van der Waals surface area contributed by atoms with Gasteiger partial charge in [-0.3, -0.25) is 0 Å². The first-order valence-electron chi connectivity index (χ1n) is 7.05. The molecule has 1 aromatic rings. The SMILES string of the molecule is CCNC(CSC(C)C(C)O)c1cc(C)cc(C)c1. The van der Waals surface area contributed by atoms with Crippen molar-refractivity contribution in [2.45, 2.75) is 52.0 Å². The van der Waals surface area contributed by atoms with Gasteiger partial charge in [0, 0.05) is 17.0 Å². The van der Waals surface area contributed by atoms with Gasteiger partial charge in [0.1, 0.15) is 0 Å². The van der Waals surface area contributed by atoms with Crippen LogP contribution in [0.5, 0.6) is 0 Å². The normalized spacial score (nSPS) is 16.1. The molecule has 3 heteroatoms. The lowest BCUT2D eigenvalue weighted by atomic mass is 10.0. The van der Waals surface area contributed by atoms with Crippen molar-refractivity contribution in [1.29, 1.82) is 0 Å². The van der Waals surface area contributed by atoms with E-state index < -0.39 is 0 Å². The average Bonchev–Trinajstić information content (AvgIpc) is 2.32. The standard InChI is InChI=1S/C16H27NOS/c1-6-17-16(10-19-14(5)13(4)18)15-8-11(2)7-12(3)9-15/h7-9,13-14,16-18H,6,10H2,1-5H3. The summed E-state index contributed by atoms with van der Waals surface area (Å²) < 4.78 is 0. The molecule has 1 rings (SSSR count). The van der Waals surface area contributed by atoms with Crippen LogP contribution in [0.15, 0.2) is 18.2 Å². The number of aliphatic hydroxyl groups is 1. The van der Waals surface area contributed by atoms with Crippen molar-refractivity contribution in [3.8, 4) is 0 Å². The molecule has 0 radical (unpaired) electrons. The van der Waals surface area contributed by atoms with E-state index in [2.05, 4.69) is 51.2 Å². The van der Waals surface area contributed by atoms with Crippen molar-refractivity contribution in [3.63, 3.8) is 0 Å². The minimum absolute atomic E-state index is 0.258. The highest BCUT2D eigenvalue weighted by molar-refractivity contribution is 7.99. The second-order valence-corrected chi connectivity index (χ2v) is 6.72. The number of thioether (sulfide) groups is 1. The summed E-state index contributed by atoms with van der Waals surface area (Å²) >= 11 is 1.83. The maximum absolute atomic E-state index is 9.58. The fraction of sp³-hybridized carbons (Fsp3) is 0.625. The summed E-state index contributed by atoms with van der Waals surface area (Å²) in [4.78, 5) is 0. The lowest BCUT2D eigenvalue weighted by molar-refractivity contribution is 0.196. The van der Waals surface area contributed by atoms with Crippen LogP contribution >= 0.6 is 11.8 Å². The van der Waals surface area contributed by atoms with Crippen molar-refractivity contribution < 1.29 is 5.11 Å². The Morgan fingerprint density at radius 2 is 1.74 bits per heavy atom. The van der Waals surface area contributed by atoms with Crippen LogP contribution < -0.4 is 5.32 Å². The lowest BCUT2D eigenvalue weighted by Crippen LogP contribution is -2.25. The molecule has 0 bridgehead atoms. The van der Waals surface area contributed by atoms with Crippen LogP contribution in [0.2, 0.25) is 0 Å².